The summed E-state index contributed by atoms with van der Waals surface area (Å²) >= 11 is 0. The minimum atomic E-state index is 0.675. The maximum Gasteiger partial charge on any atom is 0.0248 e. The van der Waals surface area contributed by atoms with Crippen LogP contribution in [0.5, 0.6) is 0 Å². The van der Waals surface area contributed by atoms with Crippen molar-refractivity contribution in [2.24, 2.45) is 0 Å². The molecule has 1 N–H and O–H groups in total. The van der Waals surface area contributed by atoms with Crippen molar-refractivity contribution in [3.63, 3.8) is 0 Å². The van der Waals surface area contributed by atoms with Crippen LogP contribution >= 0.6 is 0 Å². The molecule has 2 nitrogen and oxygen atoms in total. The summed E-state index contributed by atoms with van der Waals surface area (Å²) < 4.78 is 0. The Kier molecular flexibility index (Phi) is 10.4. The lowest BCUT2D eigenvalue weighted by atomic mass is 9.92. The van der Waals surface area contributed by atoms with Gasteiger partial charge >= 0.3 is 0 Å². The SMILES string of the molecule is CCCC(C)N(C)C1CCCCCCCCCCC1NC. The van der Waals surface area contributed by atoms with Crippen molar-refractivity contribution in [3.8, 4) is 0 Å². The molecular formula is C19H40N2. The number of nitrogens with zero attached hydrogens (tertiary/aromatic N) is 1. The predicted octanol–water partition coefficient (Wildman–Crippen LogP) is 4.98. The lowest BCUT2D eigenvalue weighted by Crippen LogP contribution is -2.50. The van der Waals surface area contributed by atoms with E-state index in [1.807, 2.05) is 0 Å². The molecule has 1 rings (SSSR count). The van der Waals surface area contributed by atoms with Crippen molar-refractivity contribution in [1.82, 2.24) is 10.2 Å². The third kappa shape index (κ3) is 7.15. The Morgan fingerprint density at radius 1 is 0.952 bits per heavy atom. The standard InChI is InChI=1S/C19H40N2/c1-5-14-17(2)21(4)19-16-13-11-9-7-6-8-10-12-15-18(19)20-3/h17-20H,5-16H2,1-4H3. The minimum Gasteiger partial charge on any atom is -0.315 e. The first-order valence-electron chi connectivity index (χ1n) is 9.59. The molecule has 0 aromatic rings. The van der Waals surface area contributed by atoms with Gasteiger partial charge in [0, 0.05) is 18.1 Å². The Labute approximate surface area is 134 Å². The highest BCUT2D eigenvalue weighted by molar-refractivity contribution is 4.85. The van der Waals surface area contributed by atoms with Crippen LogP contribution in [0.15, 0.2) is 0 Å². The fourth-order valence-electron chi connectivity index (χ4n) is 3.94. The molecule has 1 saturated carbocycles. The van der Waals surface area contributed by atoms with Crippen molar-refractivity contribution < 1.29 is 0 Å². The zero-order valence-electron chi connectivity index (χ0n) is 15.2. The van der Waals surface area contributed by atoms with E-state index in [9.17, 15) is 0 Å². The fourth-order valence-corrected chi connectivity index (χ4v) is 3.94. The summed E-state index contributed by atoms with van der Waals surface area (Å²) in [5, 5.41) is 3.64. The highest BCUT2D eigenvalue weighted by Gasteiger charge is 2.26. The van der Waals surface area contributed by atoms with Gasteiger partial charge in [0.25, 0.3) is 0 Å². The molecule has 21 heavy (non-hydrogen) atoms. The average Bonchev–Trinajstić information content (AvgIpc) is 2.47. The van der Waals surface area contributed by atoms with Crippen LogP contribution in [0.1, 0.15) is 90.9 Å². The van der Waals surface area contributed by atoms with Crippen LogP contribution in [0.4, 0.5) is 0 Å². The van der Waals surface area contributed by atoms with Crippen LogP contribution < -0.4 is 5.32 Å². The highest BCUT2D eigenvalue weighted by Crippen LogP contribution is 2.22. The van der Waals surface area contributed by atoms with E-state index >= 15 is 0 Å². The maximum atomic E-state index is 3.64. The smallest absolute Gasteiger partial charge is 0.0248 e. The van der Waals surface area contributed by atoms with Crippen molar-refractivity contribution in [1.29, 1.82) is 0 Å². The van der Waals surface area contributed by atoms with Gasteiger partial charge in [0.05, 0.1) is 0 Å². The van der Waals surface area contributed by atoms with Gasteiger partial charge in [-0.25, -0.2) is 0 Å². The van der Waals surface area contributed by atoms with Gasteiger partial charge in [-0.15, -0.1) is 0 Å². The van der Waals surface area contributed by atoms with Crippen LogP contribution in [-0.4, -0.2) is 37.1 Å². The number of rotatable bonds is 5. The van der Waals surface area contributed by atoms with E-state index < -0.39 is 0 Å². The summed E-state index contributed by atoms with van der Waals surface area (Å²) in [5.41, 5.74) is 0. The summed E-state index contributed by atoms with van der Waals surface area (Å²) in [5.74, 6) is 0. The molecular weight excluding hydrogens is 256 g/mol. The minimum absolute atomic E-state index is 0.675. The molecule has 0 bridgehead atoms. The molecule has 0 radical (unpaired) electrons. The van der Waals surface area contributed by atoms with Gasteiger partial charge in [0.2, 0.25) is 0 Å². The Morgan fingerprint density at radius 2 is 1.48 bits per heavy atom. The normalized spacial score (nSPS) is 27.9. The summed E-state index contributed by atoms with van der Waals surface area (Å²) in [6.07, 6.45) is 16.8. The second-order valence-electron chi connectivity index (χ2n) is 7.17. The van der Waals surface area contributed by atoms with Gasteiger partial charge in [-0.1, -0.05) is 64.7 Å². The van der Waals surface area contributed by atoms with Crippen LogP contribution in [0.2, 0.25) is 0 Å². The molecule has 126 valence electrons. The zero-order valence-corrected chi connectivity index (χ0v) is 15.2. The van der Waals surface area contributed by atoms with E-state index in [1.165, 1.54) is 77.0 Å². The molecule has 0 heterocycles. The lowest BCUT2D eigenvalue weighted by Gasteiger charge is -2.39. The van der Waals surface area contributed by atoms with Gasteiger partial charge in [-0.3, -0.25) is 4.90 Å². The van der Waals surface area contributed by atoms with E-state index in [0.29, 0.717) is 12.1 Å². The summed E-state index contributed by atoms with van der Waals surface area (Å²) in [6.45, 7) is 4.72. The first-order valence-corrected chi connectivity index (χ1v) is 9.59. The van der Waals surface area contributed by atoms with E-state index in [1.54, 1.807) is 0 Å². The van der Waals surface area contributed by atoms with E-state index in [-0.39, 0.29) is 0 Å². The molecule has 3 atom stereocenters. The highest BCUT2D eigenvalue weighted by atomic mass is 15.2. The van der Waals surface area contributed by atoms with Crippen molar-refractivity contribution >= 4 is 0 Å². The molecule has 0 amide bonds. The first-order chi connectivity index (χ1) is 10.2. The Morgan fingerprint density at radius 3 is 2.00 bits per heavy atom. The molecule has 0 spiro atoms. The molecule has 0 aromatic carbocycles. The predicted molar refractivity (Wildman–Crippen MR) is 94.9 cm³/mol. The van der Waals surface area contributed by atoms with E-state index in [0.717, 1.165) is 6.04 Å². The van der Waals surface area contributed by atoms with Crippen molar-refractivity contribution in [2.75, 3.05) is 14.1 Å². The number of likely N-dealkylation sites (N-methyl/N-ethyl adjacent to an activating group) is 2. The van der Waals surface area contributed by atoms with Gasteiger partial charge in [0.1, 0.15) is 0 Å². The van der Waals surface area contributed by atoms with Gasteiger partial charge in [-0.05, 0) is 40.3 Å². The van der Waals surface area contributed by atoms with E-state index in [4.69, 9.17) is 0 Å². The topological polar surface area (TPSA) is 15.3 Å². The average molecular weight is 297 g/mol. The third-order valence-corrected chi connectivity index (χ3v) is 5.53. The van der Waals surface area contributed by atoms with Crippen LogP contribution in [-0.2, 0) is 0 Å². The fraction of sp³-hybridized carbons (Fsp3) is 1.00. The largest absolute Gasteiger partial charge is 0.315 e. The Balaban J connectivity index is 2.64. The molecule has 3 unspecified atom stereocenters. The van der Waals surface area contributed by atoms with Crippen LogP contribution in [0.25, 0.3) is 0 Å². The number of nitrogens with one attached hydrogen (secondary N) is 1. The van der Waals surface area contributed by atoms with E-state index in [2.05, 4.69) is 38.2 Å². The van der Waals surface area contributed by atoms with Crippen molar-refractivity contribution in [2.45, 2.75) is 109 Å². The third-order valence-electron chi connectivity index (χ3n) is 5.53. The summed E-state index contributed by atoms with van der Waals surface area (Å²) in [4.78, 5) is 2.68. The van der Waals surface area contributed by atoms with Gasteiger partial charge in [-0.2, -0.15) is 0 Å². The van der Waals surface area contributed by atoms with Gasteiger partial charge < -0.3 is 5.32 Å². The second-order valence-corrected chi connectivity index (χ2v) is 7.17. The molecule has 0 aromatic heterocycles. The molecule has 1 aliphatic rings. The quantitative estimate of drug-likeness (QED) is 0.770. The first kappa shape index (κ1) is 19.0. The van der Waals surface area contributed by atoms with Gasteiger partial charge in [0.15, 0.2) is 0 Å². The molecule has 0 saturated heterocycles. The second kappa shape index (κ2) is 11.5. The molecule has 1 aliphatic carbocycles. The zero-order chi connectivity index (χ0) is 15.5. The Bertz CT molecular complexity index is 242. The molecule has 1 fully saturated rings. The number of hydrogen-bond acceptors (Lipinski definition) is 2. The van der Waals surface area contributed by atoms with Crippen LogP contribution in [0.3, 0.4) is 0 Å². The monoisotopic (exact) mass is 296 g/mol. The summed E-state index contributed by atoms with van der Waals surface area (Å²) in [6, 6.07) is 2.11. The van der Waals surface area contributed by atoms with Crippen LogP contribution in [0, 0.1) is 0 Å². The maximum absolute atomic E-state index is 3.64. The van der Waals surface area contributed by atoms with Crippen molar-refractivity contribution in [3.05, 3.63) is 0 Å². The molecule has 0 aliphatic heterocycles. The molecule has 2 heteroatoms. The summed E-state index contributed by atoms with van der Waals surface area (Å²) in [7, 11) is 4.53. The Hall–Kier alpha value is -0.0800. The number of hydrogen-bond donors (Lipinski definition) is 1. The lowest BCUT2D eigenvalue weighted by molar-refractivity contribution is 0.126.